The number of hydrogen-bond acceptors (Lipinski definition) is 7. The van der Waals surface area contributed by atoms with Crippen molar-refractivity contribution in [2.24, 2.45) is 0 Å². The summed E-state index contributed by atoms with van der Waals surface area (Å²) in [5.74, 6) is -3.90. The zero-order valence-corrected chi connectivity index (χ0v) is 5.24. The highest BCUT2D eigenvalue weighted by Gasteiger charge is 2.90. The third-order valence-electron chi connectivity index (χ3n) is 1.35. The number of aliphatic hydroxyl groups is 1. The second-order valence-electron chi connectivity index (χ2n) is 2.03. The van der Waals surface area contributed by atoms with Gasteiger partial charge in [0.25, 0.3) is 0 Å². The molecule has 4 aliphatic rings. The first kappa shape index (κ1) is 5.62. The van der Waals surface area contributed by atoms with Crippen LogP contribution < -0.4 is 0 Å². The molecule has 0 saturated carbocycles. The molecule has 1 spiro atoms. The van der Waals surface area contributed by atoms with Crippen LogP contribution >= 0.6 is 7.82 Å². The van der Waals surface area contributed by atoms with Gasteiger partial charge in [0, 0.05) is 0 Å². The summed E-state index contributed by atoms with van der Waals surface area (Å²) in [5.41, 5.74) is 0. The highest BCUT2D eigenvalue weighted by molar-refractivity contribution is 7.50. The van der Waals surface area contributed by atoms with Gasteiger partial charge in [-0.3, -0.25) is 0 Å². The van der Waals surface area contributed by atoms with Gasteiger partial charge in [-0.05, 0) is 0 Å². The standard InChI is InChI=1S/C2HO7P/c3-1-2(6-5-1)8-10(4,7-1)9-2/h3H. The molecule has 0 aromatic carbocycles. The molecule has 10 heavy (non-hydrogen) atoms. The fourth-order valence-corrected chi connectivity index (χ4v) is 2.30. The largest absolute Gasteiger partial charge is 0.488 e. The molecule has 2 bridgehead atoms. The van der Waals surface area contributed by atoms with Crippen molar-refractivity contribution in [2.45, 2.75) is 11.9 Å². The van der Waals surface area contributed by atoms with Gasteiger partial charge in [0.1, 0.15) is 0 Å². The average molecular weight is 168 g/mol. The zero-order valence-electron chi connectivity index (χ0n) is 4.34. The summed E-state index contributed by atoms with van der Waals surface area (Å²) in [7, 11) is -3.52. The van der Waals surface area contributed by atoms with Crippen LogP contribution in [0.25, 0.3) is 0 Å². The molecule has 4 saturated heterocycles. The van der Waals surface area contributed by atoms with Crippen LogP contribution in [0.4, 0.5) is 0 Å². The van der Waals surface area contributed by atoms with Crippen LogP contribution in [-0.4, -0.2) is 17.1 Å². The maximum Gasteiger partial charge on any atom is 0.488 e. The van der Waals surface area contributed by atoms with Crippen LogP contribution in [0, 0.1) is 0 Å². The molecule has 4 aliphatic heterocycles. The highest BCUT2D eigenvalue weighted by atomic mass is 31.2. The Labute approximate surface area is 53.9 Å². The first-order chi connectivity index (χ1) is 4.58. The Morgan fingerprint density at radius 3 is 2.10 bits per heavy atom. The summed E-state index contributed by atoms with van der Waals surface area (Å²) in [6, 6.07) is 0. The van der Waals surface area contributed by atoms with Crippen molar-refractivity contribution < 1.29 is 33.0 Å². The predicted octanol–water partition coefficient (Wildman–Crippen LogP) is -0.567. The smallest absolute Gasteiger partial charge is 0.335 e. The predicted molar refractivity (Wildman–Crippen MR) is 20.7 cm³/mol. The molecule has 4 rings (SSSR count). The van der Waals surface area contributed by atoms with Gasteiger partial charge < -0.3 is 5.11 Å². The van der Waals surface area contributed by atoms with Gasteiger partial charge in [-0.15, -0.1) is 0 Å². The van der Waals surface area contributed by atoms with Gasteiger partial charge in [0.2, 0.25) is 0 Å². The molecule has 1 unspecified atom stereocenters. The minimum atomic E-state index is -3.52. The van der Waals surface area contributed by atoms with Crippen molar-refractivity contribution in [3.8, 4) is 0 Å². The summed E-state index contributed by atoms with van der Waals surface area (Å²) in [4.78, 5) is 8.25. The fourth-order valence-electron chi connectivity index (χ4n) is 0.888. The average Bonchev–Trinajstić information content (AvgIpc) is 1.95. The van der Waals surface area contributed by atoms with E-state index < -0.39 is 19.8 Å². The van der Waals surface area contributed by atoms with E-state index in [1.807, 2.05) is 0 Å². The number of rotatable bonds is 0. The third kappa shape index (κ3) is 0.338. The van der Waals surface area contributed by atoms with E-state index in [2.05, 4.69) is 23.3 Å². The lowest BCUT2D eigenvalue weighted by Crippen LogP contribution is -2.66. The van der Waals surface area contributed by atoms with E-state index in [0.29, 0.717) is 0 Å². The molecule has 0 radical (unpaired) electrons. The Hall–Kier alpha value is -0.0100. The van der Waals surface area contributed by atoms with Crippen LogP contribution in [0.2, 0.25) is 0 Å². The fraction of sp³-hybridized carbons (Fsp3) is 1.00. The molecule has 4 heterocycles. The van der Waals surface area contributed by atoms with Gasteiger partial charge >= 0.3 is 19.8 Å². The quantitative estimate of drug-likeness (QED) is 0.383. The van der Waals surface area contributed by atoms with Crippen LogP contribution in [0.3, 0.4) is 0 Å². The summed E-state index contributed by atoms with van der Waals surface area (Å²) in [5, 5.41) is 9.02. The number of phosphoric acid groups is 1. The monoisotopic (exact) mass is 168 g/mol. The van der Waals surface area contributed by atoms with E-state index in [1.54, 1.807) is 0 Å². The van der Waals surface area contributed by atoms with Gasteiger partial charge in [0.05, 0.1) is 0 Å². The van der Waals surface area contributed by atoms with Crippen LogP contribution in [0.5, 0.6) is 0 Å². The van der Waals surface area contributed by atoms with Gasteiger partial charge in [-0.25, -0.2) is 18.1 Å². The second kappa shape index (κ2) is 1.09. The molecule has 7 nitrogen and oxygen atoms in total. The van der Waals surface area contributed by atoms with Crippen molar-refractivity contribution in [2.75, 3.05) is 0 Å². The molecular formula is C2HO7P. The van der Waals surface area contributed by atoms with Crippen LogP contribution in [0.15, 0.2) is 0 Å². The van der Waals surface area contributed by atoms with Crippen molar-refractivity contribution in [1.82, 2.24) is 0 Å². The minimum Gasteiger partial charge on any atom is -0.335 e. The lowest BCUT2D eigenvalue weighted by Gasteiger charge is -2.41. The number of phosphoric ester groups is 1. The Kier molecular flexibility index (Phi) is 0.610. The highest BCUT2D eigenvalue weighted by Crippen LogP contribution is 2.80. The van der Waals surface area contributed by atoms with Crippen LogP contribution in [-0.2, 0) is 27.9 Å². The molecule has 0 aliphatic carbocycles. The van der Waals surface area contributed by atoms with E-state index >= 15 is 0 Å². The normalized spacial score (nSPS) is 70.1. The molecule has 4 fully saturated rings. The van der Waals surface area contributed by atoms with Gasteiger partial charge in [-0.2, -0.15) is 9.78 Å². The summed E-state index contributed by atoms with van der Waals surface area (Å²) in [6.45, 7) is 0. The Bertz CT molecular complexity index is 246. The van der Waals surface area contributed by atoms with E-state index in [-0.39, 0.29) is 0 Å². The topological polar surface area (TPSA) is 83.5 Å². The van der Waals surface area contributed by atoms with E-state index in [9.17, 15) is 4.57 Å². The first-order valence-electron chi connectivity index (χ1n) is 2.39. The number of hydrogen-bond donors (Lipinski definition) is 1. The molecule has 0 aromatic rings. The van der Waals surface area contributed by atoms with E-state index in [4.69, 9.17) is 5.11 Å². The van der Waals surface area contributed by atoms with E-state index in [0.717, 1.165) is 0 Å². The molecule has 1 N–H and O–H groups in total. The Balaban J connectivity index is 2.14. The molecule has 56 valence electrons. The summed E-state index contributed by atoms with van der Waals surface area (Å²) < 4.78 is 24.0. The first-order valence-corrected chi connectivity index (χ1v) is 3.85. The van der Waals surface area contributed by atoms with Gasteiger partial charge in [-0.1, -0.05) is 0 Å². The Morgan fingerprint density at radius 2 is 1.90 bits per heavy atom. The van der Waals surface area contributed by atoms with Crippen LogP contribution in [0.1, 0.15) is 0 Å². The zero-order chi connectivity index (χ0) is 7.04. The molecule has 8 heteroatoms. The maximum absolute atomic E-state index is 10.8. The van der Waals surface area contributed by atoms with Crippen molar-refractivity contribution >= 4 is 7.82 Å². The SMILES string of the molecule is O=P12OC3(O)OOC3(O1)O2. The lowest BCUT2D eigenvalue weighted by atomic mass is 10.4. The maximum atomic E-state index is 10.8. The third-order valence-corrected chi connectivity index (χ3v) is 2.75. The van der Waals surface area contributed by atoms with Gasteiger partial charge in [0.15, 0.2) is 0 Å². The molecule has 0 aromatic heterocycles. The summed E-state index contributed by atoms with van der Waals surface area (Å²) in [6.07, 6.45) is 0. The Morgan fingerprint density at radius 1 is 1.20 bits per heavy atom. The van der Waals surface area contributed by atoms with E-state index in [1.165, 1.54) is 0 Å². The molecular weight excluding hydrogens is 167 g/mol. The lowest BCUT2D eigenvalue weighted by molar-refractivity contribution is -0.711. The second-order valence-corrected chi connectivity index (χ2v) is 3.47. The minimum absolute atomic E-state index is 1.78. The summed E-state index contributed by atoms with van der Waals surface area (Å²) >= 11 is 0. The van der Waals surface area contributed by atoms with Crippen molar-refractivity contribution in [3.63, 3.8) is 0 Å². The molecule has 0 amide bonds. The van der Waals surface area contributed by atoms with Crippen molar-refractivity contribution in [3.05, 3.63) is 0 Å². The van der Waals surface area contributed by atoms with Crippen molar-refractivity contribution in [1.29, 1.82) is 0 Å². The molecule has 1 atom stereocenters.